The number of anilines is 1. The van der Waals surface area contributed by atoms with Gasteiger partial charge in [0.15, 0.2) is 5.95 Å². The second-order valence-electron chi connectivity index (χ2n) is 6.97. The van der Waals surface area contributed by atoms with E-state index in [1.54, 1.807) is 10.6 Å². The highest BCUT2D eigenvalue weighted by atomic mass is 19.4. The van der Waals surface area contributed by atoms with Crippen molar-refractivity contribution >= 4 is 5.95 Å². The van der Waals surface area contributed by atoms with Gasteiger partial charge in [0.25, 0.3) is 0 Å². The molecule has 27 heavy (non-hydrogen) atoms. The van der Waals surface area contributed by atoms with Gasteiger partial charge in [0.1, 0.15) is 0 Å². The van der Waals surface area contributed by atoms with Gasteiger partial charge in [-0.1, -0.05) is 43.0 Å². The summed E-state index contributed by atoms with van der Waals surface area (Å²) in [6.07, 6.45) is 3.24. The van der Waals surface area contributed by atoms with E-state index in [9.17, 15) is 13.2 Å². The van der Waals surface area contributed by atoms with Crippen LogP contribution in [0.4, 0.5) is 19.1 Å². The molecule has 1 heterocycles. The zero-order valence-electron chi connectivity index (χ0n) is 15.2. The zero-order chi connectivity index (χ0) is 19.8. The minimum atomic E-state index is -4.35. The van der Waals surface area contributed by atoms with Crippen LogP contribution in [0.3, 0.4) is 0 Å². The number of nitrogens with two attached hydrogens (primary N) is 1. The fraction of sp³-hybridized carbons (Fsp3) is 0.286. The molecule has 142 valence electrons. The summed E-state index contributed by atoms with van der Waals surface area (Å²) in [6, 6.07) is 5.31. The van der Waals surface area contributed by atoms with E-state index in [0.717, 1.165) is 47.4 Å². The Bertz CT molecular complexity index is 884. The lowest BCUT2D eigenvalue weighted by molar-refractivity contribution is -0.137. The first-order valence-corrected chi connectivity index (χ1v) is 8.64. The molecule has 0 radical (unpaired) electrons. The van der Waals surface area contributed by atoms with Crippen molar-refractivity contribution in [3.8, 4) is 0 Å². The van der Waals surface area contributed by atoms with Gasteiger partial charge in [-0.05, 0) is 42.5 Å². The molecule has 6 heteroatoms. The van der Waals surface area contributed by atoms with Crippen LogP contribution in [0.5, 0.6) is 0 Å². The number of allylic oxidation sites excluding steroid dienone is 4. The highest BCUT2D eigenvalue weighted by Gasteiger charge is 2.44. The summed E-state index contributed by atoms with van der Waals surface area (Å²) >= 11 is 0. The Labute approximate surface area is 156 Å². The van der Waals surface area contributed by atoms with E-state index < -0.39 is 17.2 Å². The molecule has 2 N–H and O–H groups in total. The smallest absolute Gasteiger partial charge is 0.369 e. The van der Waals surface area contributed by atoms with Crippen molar-refractivity contribution in [2.75, 3.05) is 5.73 Å². The topological polar surface area (TPSA) is 43.8 Å². The van der Waals surface area contributed by atoms with E-state index in [2.05, 4.69) is 18.1 Å². The van der Waals surface area contributed by atoms with E-state index >= 15 is 0 Å². The van der Waals surface area contributed by atoms with Crippen molar-refractivity contribution in [1.29, 1.82) is 0 Å². The maximum atomic E-state index is 12.9. The predicted octanol–water partition coefficient (Wildman–Crippen LogP) is 4.96. The lowest BCUT2D eigenvalue weighted by atomic mass is 9.73. The zero-order valence-corrected chi connectivity index (χ0v) is 15.2. The summed E-state index contributed by atoms with van der Waals surface area (Å²) in [6.45, 7) is 7.96. The van der Waals surface area contributed by atoms with Crippen LogP contribution in [0.2, 0.25) is 0 Å². The number of rotatable bonds is 4. The van der Waals surface area contributed by atoms with Crippen molar-refractivity contribution in [2.45, 2.75) is 30.9 Å². The van der Waals surface area contributed by atoms with Gasteiger partial charge >= 0.3 is 6.18 Å². The summed E-state index contributed by atoms with van der Waals surface area (Å²) < 4.78 is 40.3. The van der Waals surface area contributed by atoms with E-state index in [1.165, 1.54) is 12.1 Å². The SMILES string of the molecule is C=CC=C1C(=C)CCC1(Cc1ccc(C(F)(F)F)cc1)c1cn(C)c(N)n1. The predicted molar refractivity (Wildman–Crippen MR) is 101 cm³/mol. The largest absolute Gasteiger partial charge is 0.416 e. The summed E-state index contributed by atoms with van der Waals surface area (Å²) in [5, 5.41) is 0. The third-order valence-electron chi connectivity index (χ3n) is 5.22. The molecule has 1 aliphatic rings. The lowest BCUT2D eigenvalue weighted by Crippen LogP contribution is -2.28. The molecule has 1 atom stereocenters. The molecule has 1 aromatic carbocycles. The van der Waals surface area contributed by atoms with Crippen molar-refractivity contribution in [3.63, 3.8) is 0 Å². The minimum absolute atomic E-state index is 0.396. The van der Waals surface area contributed by atoms with Crippen molar-refractivity contribution < 1.29 is 13.2 Å². The standard InChI is InChI=1S/C21H22F3N3/c1-4-5-17-14(2)10-11-20(17,18-13-27(3)19(25)26-18)12-15-6-8-16(9-7-15)21(22,23)24/h4-9,13H,1-2,10-12H2,3H3,(H2,25,26). The highest BCUT2D eigenvalue weighted by molar-refractivity contribution is 5.52. The van der Waals surface area contributed by atoms with Crippen LogP contribution in [-0.4, -0.2) is 9.55 Å². The Balaban J connectivity index is 2.07. The monoisotopic (exact) mass is 373 g/mol. The quantitative estimate of drug-likeness (QED) is 0.823. The molecule has 0 spiro atoms. The molecule has 1 aromatic heterocycles. The maximum Gasteiger partial charge on any atom is 0.416 e. The van der Waals surface area contributed by atoms with Crippen molar-refractivity contribution in [2.24, 2.45) is 7.05 Å². The number of benzene rings is 1. The Morgan fingerprint density at radius 3 is 2.48 bits per heavy atom. The average Bonchev–Trinajstić information content (AvgIpc) is 3.10. The first kappa shape index (κ1) is 19.0. The minimum Gasteiger partial charge on any atom is -0.369 e. The van der Waals surface area contributed by atoms with Gasteiger partial charge in [-0.2, -0.15) is 13.2 Å². The van der Waals surface area contributed by atoms with Gasteiger partial charge in [0.2, 0.25) is 0 Å². The van der Waals surface area contributed by atoms with Crippen LogP contribution in [-0.2, 0) is 25.1 Å². The number of halogens is 3. The number of aromatic nitrogens is 2. The Morgan fingerprint density at radius 1 is 1.30 bits per heavy atom. The summed E-state index contributed by atoms with van der Waals surface area (Å²) in [5.74, 6) is 0.396. The maximum absolute atomic E-state index is 12.9. The Morgan fingerprint density at radius 2 is 1.96 bits per heavy atom. The molecular weight excluding hydrogens is 351 g/mol. The summed E-state index contributed by atoms with van der Waals surface area (Å²) in [5.41, 5.74) is 8.41. The molecule has 1 aliphatic carbocycles. The van der Waals surface area contributed by atoms with Crippen LogP contribution in [0.25, 0.3) is 0 Å². The molecule has 2 aromatic rings. The number of imidazole rings is 1. The molecular formula is C21H22F3N3. The average molecular weight is 373 g/mol. The van der Waals surface area contributed by atoms with E-state index in [4.69, 9.17) is 5.73 Å². The third-order valence-corrected chi connectivity index (χ3v) is 5.22. The number of nitrogens with zero attached hydrogens (tertiary/aromatic N) is 2. The van der Waals surface area contributed by atoms with E-state index in [-0.39, 0.29) is 0 Å². The Hall–Kier alpha value is -2.76. The second-order valence-corrected chi connectivity index (χ2v) is 6.97. The van der Waals surface area contributed by atoms with Gasteiger partial charge in [-0.15, -0.1) is 0 Å². The van der Waals surface area contributed by atoms with E-state index in [0.29, 0.717) is 12.4 Å². The second kappa shape index (κ2) is 6.76. The molecule has 1 unspecified atom stereocenters. The lowest BCUT2D eigenvalue weighted by Gasteiger charge is -2.30. The normalized spacial score (nSPS) is 21.8. The molecule has 1 fully saturated rings. The molecule has 0 saturated heterocycles. The van der Waals surface area contributed by atoms with Crippen LogP contribution in [0.15, 0.2) is 66.9 Å². The van der Waals surface area contributed by atoms with Gasteiger partial charge in [-0.25, -0.2) is 4.98 Å². The molecule has 0 amide bonds. The first-order valence-electron chi connectivity index (χ1n) is 8.64. The van der Waals surface area contributed by atoms with Gasteiger partial charge < -0.3 is 10.3 Å². The van der Waals surface area contributed by atoms with Gasteiger partial charge in [0.05, 0.1) is 11.3 Å². The molecule has 3 nitrogen and oxygen atoms in total. The number of hydrogen-bond acceptors (Lipinski definition) is 2. The number of hydrogen-bond donors (Lipinski definition) is 1. The van der Waals surface area contributed by atoms with Crippen molar-refractivity contribution in [1.82, 2.24) is 9.55 Å². The number of nitrogen functional groups attached to an aromatic ring is 1. The van der Waals surface area contributed by atoms with Crippen LogP contribution < -0.4 is 5.73 Å². The summed E-state index contributed by atoms with van der Waals surface area (Å²) in [7, 11) is 1.82. The van der Waals surface area contributed by atoms with E-state index in [1.807, 2.05) is 19.3 Å². The van der Waals surface area contributed by atoms with Crippen LogP contribution >= 0.6 is 0 Å². The summed E-state index contributed by atoms with van der Waals surface area (Å²) in [4.78, 5) is 4.53. The molecule has 0 bridgehead atoms. The number of aryl methyl sites for hydroxylation is 1. The van der Waals surface area contributed by atoms with Crippen LogP contribution in [0, 0.1) is 0 Å². The molecule has 0 aliphatic heterocycles. The molecule has 1 saturated carbocycles. The Kier molecular flexibility index (Phi) is 4.76. The first-order chi connectivity index (χ1) is 12.7. The van der Waals surface area contributed by atoms with Gasteiger partial charge in [-0.3, -0.25) is 0 Å². The fourth-order valence-electron chi connectivity index (χ4n) is 3.78. The third kappa shape index (κ3) is 3.44. The van der Waals surface area contributed by atoms with Crippen LogP contribution in [0.1, 0.15) is 29.7 Å². The van der Waals surface area contributed by atoms with Gasteiger partial charge in [0, 0.05) is 18.7 Å². The molecule has 3 rings (SSSR count). The van der Waals surface area contributed by atoms with Crippen molar-refractivity contribution in [3.05, 3.63) is 83.7 Å². The fourth-order valence-corrected chi connectivity index (χ4v) is 3.78. The number of alkyl halides is 3. The highest BCUT2D eigenvalue weighted by Crippen LogP contribution is 2.49.